The van der Waals surface area contributed by atoms with Gasteiger partial charge in [0, 0.05) is 19.0 Å². The van der Waals surface area contributed by atoms with Crippen LogP contribution in [-0.2, 0) is 0 Å². The Balaban J connectivity index is 1.86. The summed E-state index contributed by atoms with van der Waals surface area (Å²) in [5, 5.41) is 21.1. The summed E-state index contributed by atoms with van der Waals surface area (Å²) in [4.78, 5) is 1.93. The second-order valence-electron chi connectivity index (χ2n) is 6.53. The molecule has 3 nitrogen and oxygen atoms in total. The van der Waals surface area contributed by atoms with Gasteiger partial charge in [0.2, 0.25) is 0 Å². The fraction of sp³-hybridized carbons (Fsp3) is 0.400. The highest BCUT2D eigenvalue weighted by Gasteiger charge is 2.31. The summed E-state index contributed by atoms with van der Waals surface area (Å²) in [7, 11) is 0. The quantitative estimate of drug-likeness (QED) is 0.884. The van der Waals surface area contributed by atoms with Crippen LogP contribution in [0.5, 0.6) is 0 Å². The zero-order valence-electron chi connectivity index (χ0n) is 13.9. The maximum absolute atomic E-state index is 13.2. The zero-order chi connectivity index (χ0) is 17.1. The van der Waals surface area contributed by atoms with E-state index >= 15 is 0 Å². The van der Waals surface area contributed by atoms with E-state index in [1.54, 1.807) is 12.1 Å². The molecule has 0 spiro atoms. The fourth-order valence-electron chi connectivity index (χ4n) is 3.45. The molecule has 0 amide bonds. The molecule has 0 saturated carbocycles. The standard InChI is InChI=1S/C20H24FNO2/c1-14(19(23)20(24)22-12-4-5-13-22)17-6-2-3-7-18(17)15-8-10-16(21)11-9-15/h2-3,6-11,14,19-20,23-24H,4-5,12-13H2,1H3. The van der Waals surface area contributed by atoms with Gasteiger partial charge in [0.25, 0.3) is 0 Å². The molecular weight excluding hydrogens is 305 g/mol. The Labute approximate surface area is 142 Å². The highest BCUT2D eigenvalue weighted by atomic mass is 19.1. The lowest BCUT2D eigenvalue weighted by atomic mass is 9.87. The van der Waals surface area contributed by atoms with E-state index in [1.807, 2.05) is 36.1 Å². The normalized spacial score (nSPS) is 19.2. The van der Waals surface area contributed by atoms with Gasteiger partial charge in [0.05, 0.1) is 0 Å². The molecule has 1 fully saturated rings. The number of aliphatic hydroxyl groups excluding tert-OH is 2. The van der Waals surface area contributed by atoms with Crippen molar-refractivity contribution in [3.05, 3.63) is 59.9 Å². The molecule has 2 aromatic carbocycles. The second-order valence-corrected chi connectivity index (χ2v) is 6.53. The molecule has 1 heterocycles. The van der Waals surface area contributed by atoms with Crippen LogP contribution in [0.15, 0.2) is 48.5 Å². The third kappa shape index (κ3) is 3.51. The lowest BCUT2D eigenvalue weighted by Gasteiger charge is -2.31. The molecule has 3 rings (SSSR count). The summed E-state index contributed by atoms with van der Waals surface area (Å²) in [5.41, 5.74) is 2.81. The van der Waals surface area contributed by atoms with Crippen molar-refractivity contribution in [2.24, 2.45) is 0 Å². The molecule has 0 bridgehead atoms. The van der Waals surface area contributed by atoms with E-state index in [4.69, 9.17) is 0 Å². The Bertz CT molecular complexity index is 668. The molecule has 0 radical (unpaired) electrons. The van der Waals surface area contributed by atoms with Crippen molar-refractivity contribution < 1.29 is 14.6 Å². The molecule has 3 atom stereocenters. The summed E-state index contributed by atoms with van der Waals surface area (Å²) < 4.78 is 13.2. The van der Waals surface area contributed by atoms with Gasteiger partial charge in [-0.2, -0.15) is 0 Å². The van der Waals surface area contributed by atoms with Crippen LogP contribution in [0.3, 0.4) is 0 Å². The van der Waals surface area contributed by atoms with Gasteiger partial charge in [-0.25, -0.2) is 4.39 Å². The van der Waals surface area contributed by atoms with E-state index in [-0.39, 0.29) is 11.7 Å². The van der Waals surface area contributed by atoms with Crippen LogP contribution < -0.4 is 0 Å². The Hall–Kier alpha value is -1.75. The molecule has 0 aromatic heterocycles. The van der Waals surface area contributed by atoms with E-state index < -0.39 is 12.3 Å². The van der Waals surface area contributed by atoms with E-state index in [9.17, 15) is 14.6 Å². The summed E-state index contributed by atoms with van der Waals surface area (Å²) in [5.74, 6) is -0.504. The molecular formula is C20H24FNO2. The summed E-state index contributed by atoms with van der Waals surface area (Å²) in [6.45, 7) is 3.57. The minimum Gasteiger partial charge on any atom is -0.388 e. The molecule has 2 aromatic rings. The summed E-state index contributed by atoms with van der Waals surface area (Å²) in [6.07, 6.45) is 0.391. The van der Waals surface area contributed by atoms with Crippen LogP contribution in [0.4, 0.5) is 4.39 Å². The van der Waals surface area contributed by atoms with E-state index in [0.29, 0.717) is 0 Å². The van der Waals surface area contributed by atoms with Gasteiger partial charge in [0.15, 0.2) is 0 Å². The van der Waals surface area contributed by atoms with Crippen molar-refractivity contribution in [1.29, 1.82) is 0 Å². The Morgan fingerprint density at radius 2 is 1.58 bits per heavy atom. The highest BCUT2D eigenvalue weighted by Crippen LogP contribution is 2.32. The van der Waals surface area contributed by atoms with E-state index in [0.717, 1.165) is 42.6 Å². The van der Waals surface area contributed by atoms with Gasteiger partial charge in [0.1, 0.15) is 18.1 Å². The molecule has 24 heavy (non-hydrogen) atoms. The second kappa shape index (κ2) is 7.43. The lowest BCUT2D eigenvalue weighted by Crippen LogP contribution is -2.44. The van der Waals surface area contributed by atoms with Crippen LogP contribution in [0.1, 0.15) is 31.2 Å². The Kier molecular flexibility index (Phi) is 5.29. The molecule has 0 aliphatic carbocycles. The molecule has 2 N–H and O–H groups in total. The monoisotopic (exact) mass is 329 g/mol. The maximum atomic E-state index is 13.2. The van der Waals surface area contributed by atoms with Crippen LogP contribution in [0, 0.1) is 5.82 Å². The molecule has 1 saturated heterocycles. The number of benzene rings is 2. The summed E-state index contributed by atoms with van der Waals surface area (Å²) in [6, 6.07) is 14.1. The zero-order valence-corrected chi connectivity index (χ0v) is 13.9. The first-order valence-electron chi connectivity index (χ1n) is 8.53. The number of aliphatic hydroxyl groups is 2. The summed E-state index contributed by atoms with van der Waals surface area (Å²) >= 11 is 0. The number of nitrogens with zero attached hydrogens (tertiary/aromatic N) is 1. The number of hydrogen-bond donors (Lipinski definition) is 2. The van der Waals surface area contributed by atoms with Crippen LogP contribution in [0.25, 0.3) is 11.1 Å². The SMILES string of the molecule is CC(c1ccccc1-c1ccc(F)cc1)C(O)C(O)N1CCCC1. The van der Waals surface area contributed by atoms with Gasteiger partial charge >= 0.3 is 0 Å². The third-order valence-electron chi connectivity index (χ3n) is 4.94. The van der Waals surface area contributed by atoms with Crippen molar-refractivity contribution in [1.82, 2.24) is 4.90 Å². The van der Waals surface area contributed by atoms with Gasteiger partial charge in [-0.05, 0) is 41.7 Å². The average molecular weight is 329 g/mol. The predicted molar refractivity (Wildman–Crippen MR) is 93.1 cm³/mol. The number of halogens is 1. The minimum absolute atomic E-state index is 0.234. The topological polar surface area (TPSA) is 43.7 Å². The molecule has 3 unspecified atom stereocenters. The van der Waals surface area contributed by atoms with Crippen molar-refractivity contribution >= 4 is 0 Å². The van der Waals surface area contributed by atoms with Gasteiger partial charge in [-0.1, -0.05) is 43.3 Å². The van der Waals surface area contributed by atoms with Gasteiger partial charge in [-0.3, -0.25) is 4.90 Å². The predicted octanol–water partition coefficient (Wildman–Crippen LogP) is 3.37. The molecule has 1 aliphatic heterocycles. The van der Waals surface area contributed by atoms with Crippen molar-refractivity contribution in [2.45, 2.75) is 38.0 Å². The number of rotatable bonds is 5. The Morgan fingerprint density at radius 1 is 0.958 bits per heavy atom. The molecule has 1 aliphatic rings. The number of hydrogen-bond acceptors (Lipinski definition) is 3. The van der Waals surface area contributed by atoms with Crippen molar-refractivity contribution in [3.63, 3.8) is 0 Å². The largest absolute Gasteiger partial charge is 0.388 e. The van der Waals surface area contributed by atoms with Crippen LogP contribution in [-0.4, -0.2) is 40.5 Å². The fourth-order valence-corrected chi connectivity index (χ4v) is 3.45. The minimum atomic E-state index is -0.871. The van der Waals surface area contributed by atoms with Gasteiger partial charge in [-0.15, -0.1) is 0 Å². The van der Waals surface area contributed by atoms with Gasteiger partial charge < -0.3 is 10.2 Å². The van der Waals surface area contributed by atoms with Crippen LogP contribution >= 0.6 is 0 Å². The highest BCUT2D eigenvalue weighted by molar-refractivity contribution is 5.68. The first kappa shape index (κ1) is 17.1. The van der Waals surface area contributed by atoms with E-state index in [1.165, 1.54) is 12.1 Å². The molecule has 128 valence electrons. The Morgan fingerprint density at radius 3 is 2.25 bits per heavy atom. The van der Waals surface area contributed by atoms with Crippen molar-refractivity contribution in [2.75, 3.05) is 13.1 Å². The van der Waals surface area contributed by atoms with Crippen molar-refractivity contribution in [3.8, 4) is 11.1 Å². The van der Waals surface area contributed by atoms with Crippen LogP contribution in [0.2, 0.25) is 0 Å². The lowest BCUT2D eigenvalue weighted by molar-refractivity contribution is -0.0817. The molecule has 4 heteroatoms. The first-order valence-corrected chi connectivity index (χ1v) is 8.53. The first-order chi connectivity index (χ1) is 11.6. The smallest absolute Gasteiger partial charge is 0.134 e. The maximum Gasteiger partial charge on any atom is 0.134 e. The average Bonchev–Trinajstić information content (AvgIpc) is 3.15. The van der Waals surface area contributed by atoms with E-state index in [2.05, 4.69) is 0 Å². The number of likely N-dealkylation sites (tertiary alicyclic amines) is 1. The third-order valence-corrected chi connectivity index (χ3v) is 4.94.